The molecule has 0 fully saturated rings. The molecule has 0 radical (unpaired) electrons. The summed E-state index contributed by atoms with van der Waals surface area (Å²) in [7, 11) is 0. The molecule has 1 aliphatic rings. The van der Waals surface area contributed by atoms with Crippen LogP contribution >= 0.6 is 0 Å². The summed E-state index contributed by atoms with van der Waals surface area (Å²) in [4.78, 5) is 30.7. The van der Waals surface area contributed by atoms with Crippen LogP contribution in [-0.2, 0) is 13.0 Å². The molecular formula is C16H13F2N5O2. The zero-order valence-electron chi connectivity index (χ0n) is 12.9. The number of aromatic amines is 1. The monoisotopic (exact) mass is 345 g/mol. The number of hydrogen-bond acceptors (Lipinski definition) is 3. The fraction of sp³-hybridized carbons (Fsp3) is 0.188. The van der Waals surface area contributed by atoms with E-state index in [1.807, 2.05) is 0 Å². The number of fused-ring (bicyclic) bond motifs is 2. The zero-order chi connectivity index (χ0) is 17.6. The van der Waals surface area contributed by atoms with Gasteiger partial charge in [0.1, 0.15) is 11.6 Å². The maximum absolute atomic E-state index is 13.2. The van der Waals surface area contributed by atoms with E-state index < -0.39 is 17.7 Å². The first-order valence-electron chi connectivity index (χ1n) is 7.61. The van der Waals surface area contributed by atoms with Crippen molar-refractivity contribution in [1.82, 2.24) is 19.5 Å². The second-order valence-corrected chi connectivity index (χ2v) is 5.76. The van der Waals surface area contributed by atoms with Crippen LogP contribution in [0.5, 0.6) is 0 Å². The van der Waals surface area contributed by atoms with E-state index in [-0.39, 0.29) is 17.8 Å². The van der Waals surface area contributed by atoms with Gasteiger partial charge in [0, 0.05) is 37.0 Å². The van der Waals surface area contributed by atoms with Gasteiger partial charge in [-0.15, -0.1) is 0 Å². The summed E-state index contributed by atoms with van der Waals surface area (Å²) in [6.45, 7) is 0.427. The third kappa shape index (κ3) is 2.73. The molecule has 0 atom stereocenters. The minimum absolute atomic E-state index is 0.0166. The van der Waals surface area contributed by atoms with E-state index in [0.717, 1.165) is 18.2 Å². The molecule has 9 heteroatoms. The summed E-state index contributed by atoms with van der Waals surface area (Å²) in [6.07, 6.45) is 2.04. The van der Waals surface area contributed by atoms with E-state index in [1.165, 1.54) is 9.42 Å². The van der Waals surface area contributed by atoms with Gasteiger partial charge in [0.05, 0.1) is 17.8 Å². The normalized spacial score (nSPS) is 13.8. The number of benzene rings is 1. The van der Waals surface area contributed by atoms with Gasteiger partial charge in [-0.05, 0) is 12.1 Å². The summed E-state index contributed by atoms with van der Waals surface area (Å²) in [5.41, 5.74) is 1.36. The Hall–Kier alpha value is -3.23. The highest BCUT2D eigenvalue weighted by Gasteiger charge is 2.25. The van der Waals surface area contributed by atoms with Crippen LogP contribution in [0.2, 0.25) is 0 Å². The number of hydrogen-bond donors (Lipinski definition) is 2. The van der Waals surface area contributed by atoms with Crippen LogP contribution in [0.15, 0.2) is 35.3 Å². The predicted molar refractivity (Wildman–Crippen MR) is 85.3 cm³/mol. The van der Waals surface area contributed by atoms with Gasteiger partial charge >= 0.3 is 6.03 Å². The zero-order valence-corrected chi connectivity index (χ0v) is 12.9. The maximum atomic E-state index is 13.2. The van der Waals surface area contributed by atoms with Crippen LogP contribution in [0.3, 0.4) is 0 Å². The second kappa shape index (κ2) is 5.69. The first-order chi connectivity index (χ1) is 12.0. The molecule has 1 aromatic carbocycles. The fourth-order valence-electron chi connectivity index (χ4n) is 2.92. The quantitative estimate of drug-likeness (QED) is 0.707. The molecule has 4 rings (SSSR count). The highest BCUT2D eigenvalue weighted by Crippen LogP contribution is 2.18. The van der Waals surface area contributed by atoms with Crippen LogP contribution in [0.1, 0.15) is 11.3 Å². The van der Waals surface area contributed by atoms with Crippen LogP contribution in [0.25, 0.3) is 5.65 Å². The number of rotatable bonds is 1. The van der Waals surface area contributed by atoms with Gasteiger partial charge in [0.25, 0.3) is 5.56 Å². The van der Waals surface area contributed by atoms with Crippen molar-refractivity contribution in [2.45, 2.75) is 13.0 Å². The highest BCUT2D eigenvalue weighted by atomic mass is 19.1. The van der Waals surface area contributed by atoms with Gasteiger partial charge in [0.15, 0.2) is 5.65 Å². The molecular weight excluding hydrogens is 332 g/mol. The number of nitrogens with zero attached hydrogens (tertiary/aromatic N) is 3. The lowest BCUT2D eigenvalue weighted by Gasteiger charge is -2.27. The minimum atomic E-state index is -0.782. The van der Waals surface area contributed by atoms with Crippen molar-refractivity contribution in [3.05, 3.63) is 63.7 Å². The average molecular weight is 345 g/mol. The Morgan fingerprint density at radius 1 is 1.24 bits per heavy atom. The minimum Gasteiger partial charge on any atom is -0.320 e. The number of nitrogens with one attached hydrogen (secondary N) is 2. The summed E-state index contributed by atoms with van der Waals surface area (Å²) in [5, 5.41) is 5.22. The van der Waals surface area contributed by atoms with Gasteiger partial charge in [0.2, 0.25) is 0 Å². The van der Waals surface area contributed by atoms with Crippen molar-refractivity contribution in [3.8, 4) is 0 Å². The number of halogens is 2. The molecule has 3 heterocycles. The molecule has 0 unspecified atom stereocenters. The molecule has 2 amide bonds. The smallest absolute Gasteiger partial charge is 0.320 e. The molecule has 0 saturated carbocycles. The molecule has 0 spiro atoms. The standard InChI is InChI=1S/C16H13F2N5O2/c17-9-5-10(18)7-11(6-9)20-16(25)22-4-2-13-12(8-22)15(24)23-14(21-13)1-3-19-23/h1,3,5-7,19H,2,4,8H2,(H,20,25). The van der Waals surface area contributed by atoms with Crippen molar-refractivity contribution in [1.29, 1.82) is 0 Å². The van der Waals surface area contributed by atoms with Crippen LogP contribution in [0.4, 0.5) is 19.3 Å². The fourth-order valence-corrected chi connectivity index (χ4v) is 2.92. The molecule has 7 nitrogen and oxygen atoms in total. The second-order valence-electron chi connectivity index (χ2n) is 5.76. The topological polar surface area (TPSA) is 82.5 Å². The Morgan fingerprint density at radius 2 is 2.00 bits per heavy atom. The van der Waals surface area contributed by atoms with E-state index in [1.54, 1.807) is 12.3 Å². The molecule has 1 aliphatic heterocycles. The third-order valence-corrected chi connectivity index (χ3v) is 4.09. The number of amides is 2. The molecule has 0 saturated heterocycles. The Balaban J connectivity index is 1.59. The highest BCUT2D eigenvalue weighted by molar-refractivity contribution is 5.89. The lowest BCUT2D eigenvalue weighted by atomic mass is 10.1. The largest absolute Gasteiger partial charge is 0.322 e. The first-order valence-corrected chi connectivity index (χ1v) is 7.61. The Bertz CT molecular complexity index is 1020. The van der Waals surface area contributed by atoms with Crippen LogP contribution in [0, 0.1) is 11.6 Å². The molecule has 128 valence electrons. The van der Waals surface area contributed by atoms with Crippen LogP contribution in [-0.4, -0.2) is 32.1 Å². The first kappa shape index (κ1) is 15.3. The molecule has 0 aliphatic carbocycles. The molecule has 3 aromatic rings. The number of carbonyl (C=O) groups is 1. The van der Waals surface area contributed by atoms with E-state index >= 15 is 0 Å². The van der Waals surface area contributed by atoms with Crippen molar-refractivity contribution < 1.29 is 13.6 Å². The number of urea groups is 1. The van der Waals surface area contributed by atoms with Gasteiger partial charge in [-0.25, -0.2) is 23.1 Å². The summed E-state index contributed by atoms with van der Waals surface area (Å²) in [5.74, 6) is -1.56. The summed E-state index contributed by atoms with van der Waals surface area (Å²) >= 11 is 0. The predicted octanol–water partition coefficient (Wildman–Crippen LogP) is 1.89. The van der Waals surface area contributed by atoms with E-state index in [9.17, 15) is 18.4 Å². The SMILES string of the molecule is O=C(Nc1cc(F)cc(F)c1)N1CCc2nc3cc[nH]n3c(=O)c2C1. The third-order valence-electron chi connectivity index (χ3n) is 4.09. The van der Waals surface area contributed by atoms with E-state index in [0.29, 0.717) is 29.9 Å². The van der Waals surface area contributed by atoms with E-state index in [4.69, 9.17) is 0 Å². The van der Waals surface area contributed by atoms with Crippen molar-refractivity contribution in [2.24, 2.45) is 0 Å². The van der Waals surface area contributed by atoms with E-state index in [2.05, 4.69) is 15.4 Å². The molecule has 0 bridgehead atoms. The number of aromatic nitrogens is 3. The Labute approximate surface area is 139 Å². The van der Waals surface area contributed by atoms with Crippen LogP contribution < -0.4 is 10.9 Å². The summed E-state index contributed by atoms with van der Waals surface area (Å²) < 4.78 is 27.8. The van der Waals surface area contributed by atoms with Crippen molar-refractivity contribution in [2.75, 3.05) is 11.9 Å². The van der Waals surface area contributed by atoms with Gasteiger partial charge < -0.3 is 10.2 Å². The molecule has 25 heavy (non-hydrogen) atoms. The lowest BCUT2D eigenvalue weighted by Crippen LogP contribution is -2.42. The number of carbonyl (C=O) groups excluding carboxylic acids is 1. The average Bonchev–Trinajstić information content (AvgIpc) is 3.02. The maximum Gasteiger partial charge on any atom is 0.322 e. The van der Waals surface area contributed by atoms with Gasteiger partial charge in [-0.1, -0.05) is 0 Å². The number of H-pyrrole nitrogens is 1. The Morgan fingerprint density at radius 3 is 2.76 bits per heavy atom. The lowest BCUT2D eigenvalue weighted by molar-refractivity contribution is 0.205. The van der Waals surface area contributed by atoms with Crippen molar-refractivity contribution >= 4 is 17.4 Å². The Kier molecular flexibility index (Phi) is 3.48. The number of anilines is 1. The van der Waals surface area contributed by atoms with Crippen molar-refractivity contribution in [3.63, 3.8) is 0 Å². The molecule has 2 aromatic heterocycles. The van der Waals surface area contributed by atoms with Gasteiger partial charge in [-0.2, -0.15) is 0 Å². The summed E-state index contributed by atoms with van der Waals surface area (Å²) in [6, 6.07) is 3.93. The molecule has 2 N–H and O–H groups in total. The van der Waals surface area contributed by atoms with Gasteiger partial charge in [-0.3, -0.25) is 9.89 Å².